The Morgan fingerprint density at radius 3 is 2.48 bits per heavy atom. The lowest BCUT2D eigenvalue weighted by molar-refractivity contribution is 0.0690. The van der Waals surface area contributed by atoms with Crippen molar-refractivity contribution in [1.29, 1.82) is 0 Å². The van der Waals surface area contributed by atoms with Crippen molar-refractivity contribution in [3.63, 3.8) is 0 Å². The van der Waals surface area contributed by atoms with Crippen LogP contribution in [-0.2, 0) is 5.41 Å². The number of amides is 1. The molecular formula is C14H15N3O3S. The summed E-state index contributed by atoms with van der Waals surface area (Å²) in [6, 6.07) is 2.71. The van der Waals surface area contributed by atoms with Crippen LogP contribution in [0.5, 0.6) is 0 Å². The number of carboxylic acids is 1. The predicted octanol–water partition coefficient (Wildman–Crippen LogP) is 2.79. The molecule has 7 heteroatoms. The van der Waals surface area contributed by atoms with E-state index in [1.54, 1.807) is 0 Å². The van der Waals surface area contributed by atoms with Crippen LogP contribution in [-0.4, -0.2) is 27.0 Å². The third-order valence-corrected chi connectivity index (χ3v) is 3.50. The van der Waals surface area contributed by atoms with Gasteiger partial charge in [0.05, 0.1) is 11.3 Å². The number of hydrogen-bond acceptors (Lipinski definition) is 5. The SMILES string of the molecule is CC(C)(C)c1csc(NC(=O)c2ccc(C(=O)O)nc2)n1. The van der Waals surface area contributed by atoms with E-state index in [9.17, 15) is 9.59 Å². The Hall–Kier alpha value is -2.28. The van der Waals surface area contributed by atoms with Gasteiger partial charge in [0.1, 0.15) is 5.69 Å². The molecule has 2 aromatic heterocycles. The minimum Gasteiger partial charge on any atom is -0.477 e. The number of carboxylic acid groups (broad SMARTS) is 1. The van der Waals surface area contributed by atoms with Gasteiger partial charge in [0.25, 0.3) is 5.91 Å². The molecule has 0 aliphatic heterocycles. The standard InChI is InChI=1S/C14H15N3O3S/c1-14(2,3)10-7-21-13(16-10)17-11(18)8-4-5-9(12(19)20)15-6-8/h4-7H,1-3H3,(H,19,20)(H,16,17,18). The molecule has 21 heavy (non-hydrogen) atoms. The highest BCUT2D eigenvalue weighted by atomic mass is 32.1. The van der Waals surface area contributed by atoms with Crippen LogP contribution in [0, 0.1) is 0 Å². The van der Waals surface area contributed by atoms with E-state index in [-0.39, 0.29) is 22.6 Å². The Balaban J connectivity index is 2.11. The summed E-state index contributed by atoms with van der Waals surface area (Å²) >= 11 is 1.35. The number of carbonyl (C=O) groups excluding carboxylic acids is 1. The van der Waals surface area contributed by atoms with Gasteiger partial charge in [-0.05, 0) is 12.1 Å². The van der Waals surface area contributed by atoms with Crippen molar-refractivity contribution in [3.8, 4) is 0 Å². The van der Waals surface area contributed by atoms with Crippen LogP contribution in [0.3, 0.4) is 0 Å². The van der Waals surface area contributed by atoms with Crippen LogP contribution in [0.2, 0.25) is 0 Å². The molecule has 0 unspecified atom stereocenters. The topological polar surface area (TPSA) is 92.2 Å². The molecule has 0 saturated heterocycles. The summed E-state index contributed by atoms with van der Waals surface area (Å²) in [7, 11) is 0. The highest BCUT2D eigenvalue weighted by Crippen LogP contribution is 2.26. The maximum Gasteiger partial charge on any atom is 0.354 e. The van der Waals surface area contributed by atoms with E-state index in [1.165, 1.54) is 29.7 Å². The van der Waals surface area contributed by atoms with Gasteiger partial charge < -0.3 is 5.11 Å². The summed E-state index contributed by atoms with van der Waals surface area (Å²) in [6.45, 7) is 6.13. The van der Waals surface area contributed by atoms with E-state index in [2.05, 4.69) is 15.3 Å². The second-order valence-corrected chi connectivity index (χ2v) is 6.34. The monoisotopic (exact) mass is 305 g/mol. The molecule has 0 bridgehead atoms. The maximum atomic E-state index is 12.0. The van der Waals surface area contributed by atoms with Crippen molar-refractivity contribution in [2.24, 2.45) is 0 Å². The molecule has 2 N–H and O–H groups in total. The summed E-state index contributed by atoms with van der Waals surface area (Å²) in [5, 5.41) is 13.8. The minimum atomic E-state index is -1.13. The molecule has 2 aromatic rings. The number of nitrogens with one attached hydrogen (secondary N) is 1. The highest BCUT2D eigenvalue weighted by Gasteiger charge is 2.18. The fourth-order valence-corrected chi connectivity index (χ4v) is 2.43. The lowest BCUT2D eigenvalue weighted by Gasteiger charge is -2.14. The van der Waals surface area contributed by atoms with Crippen LogP contribution in [0.4, 0.5) is 5.13 Å². The van der Waals surface area contributed by atoms with Crippen LogP contribution in [0.25, 0.3) is 0 Å². The Morgan fingerprint density at radius 1 is 1.29 bits per heavy atom. The molecule has 2 heterocycles. The summed E-state index contributed by atoms with van der Waals surface area (Å²) in [4.78, 5) is 30.8. The number of pyridine rings is 1. The molecule has 6 nitrogen and oxygen atoms in total. The van der Waals surface area contributed by atoms with E-state index in [4.69, 9.17) is 5.11 Å². The molecule has 0 aliphatic carbocycles. The van der Waals surface area contributed by atoms with Gasteiger partial charge in [-0.1, -0.05) is 20.8 Å². The zero-order valence-electron chi connectivity index (χ0n) is 11.9. The smallest absolute Gasteiger partial charge is 0.354 e. The highest BCUT2D eigenvalue weighted by molar-refractivity contribution is 7.14. The molecule has 0 saturated carbocycles. The first-order valence-electron chi connectivity index (χ1n) is 6.24. The molecule has 0 radical (unpaired) electrons. The molecule has 110 valence electrons. The van der Waals surface area contributed by atoms with Crippen LogP contribution < -0.4 is 5.32 Å². The summed E-state index contributed by atoms with van der Waals surface area (Å²) in [6.07, 6.45) is 1.23. The fraction of sp³-hybridized carbons (Fsp3) is 0.286. The van der Waals surface area contributed by atoms with Gasteiger partial charge in [0, 0.05) is 17.0 Å². The summed E-state index contributed by atoms with van der Waals surface area (Å²) in [5.74, 6) is -1.49. The minimum absolute atomic E-state index is 0.0792. The van der Waals surface area contributed by atoms with Gasteiger partial charge in [-0.2, -0.15) is 0 Å². The molecule has 0 aromatic carbocycles. The Kier molecular flexibility index (Phi) is 4.04. The van der Waals surface area contributed by atoms with Crippen LogP contribution in [0.15, 0.2) is 23.7 Å². The van der Waals surface area contributed by atoms with E-state index in [1.807, 2.05) is 26.2 Å². The van der Waals surface area contributed by atoms with Gasteiger partial charge in [0.2, 0.25) is 0 Å². The third kappa shape index (κ3) is 3.63. The molecule has 0 aliphatic rings. The van der Waals surface area contributed by atoms with Crippen molar-refractivity contribution in [2.45, 2.75) is 26.2 Å². The van der Waals surface area contributed by atoms with Crippen molar-refractivity contribution in [3.05, 3.63) is 40.7 Å². The first-order valence-corrected chi connectivity index (χ1v) is 7.12. The first-order chi connectivity index (χ1) is 9.77. The van der Waals surface area contributed by atoms with Gasteiger partial charge in [-0.15, -0.1) is 11.3 Å². The molecule has 2 rings (SSSR count). The van der Waals surface area contributed by atoms with Crippen LogP contribution >= 0.6 is 11.3 Å². The molecule has 0 spiro atoms. The second kappa shape index (κ2) is 5.61. The van der Waals surface area contributed by atoms with Gasteiger partial charge in [-0.3, -0.25) is 10.1 Å². The van der Waals surface area contributed by atoms with Crippen molar-refractivity contribution >= 4 is 28.3 Å². The lowest BCUT2D eigenvalue weighted by atomic mass is 9.93. The lowest BCUT2D eigenvalue weighted by Crippen LogP contribution is -2.14. The second-order valence-electron chi connectivity index (χ2n) is 5.48. The third-order valence-electron chi connectivity index (χ3n) is 2.74. The zero-order chi connectivity index (χ0) is 15.6. The zero-order valence-corrected chi connectivity index (χ0v) is 12.7. The van der Waals surface area contributed by atoms with E-state index >= 15 is 0 Å². The van der Waals surface area contributed by atoms with Gasteiger partial charge in [0.15, 0.2) is 5.13 Å². The quantitative estimate of drug-likeness (QED) is 0.909. The van der Waals surface area contributed by atoms with Crippen molar-refractivity contribution in [1.82, 2.24) is 9.97 Å². The maximum absolute atomic E-state index is 12.0. The number of hydrogen-bond donors (Lipinski definition) is 2. The number of aromatic nitrogens is 2. The first kappa shape index (κ1) is 15.1. The number of nitrogens with zero attached hydrogens (tertiary/aromatic N) is 2. The number of thiazole rings is 1. The largest absolute Gasteiger partial charge is 0.477 e. The number of anilines is 1. The average molecular weight is 305 g/mol. The van der Waals surface area contributed by atoms with E-state index < -0.39 is 5.97 Å². The Bertz CT molecular complexity index is 672. The van der Waals surface area contributed by atoms with Crippen molar-refractivity contribution < 1.29 is 14.7 Å². The molecule has 1 amide bonds. The summed E-state index contributed by atoms with van der Waals surface area (Å²) < 4.78 is 0. The Labute approximate surface area is 125 Å². The predicted molar refractivity (Wildman–Crippen MR) is 80.0 cm³/mol. The van der Waals surface area contributed by atoms with Gasteiger partial charge >= 0.3 is 5.97 Å². The number of carbonyl (C=O) groups is 2. The van der Waals surface area contributed by atoms with Crippen LogP contribution in [0.1, 0.15) is 47.3 Å². The fourth-order valence-electron chi connectivity index (χ4n) is 1.50. The normalized spacial score (nSPS) is 11.2. The van der Waals surface area contributed by atoms with Gasteiger partial charge in [-0.25, -0.2) is 14.8 Å². The van der Waals surface area contributed by atoms with Crippen molar-refractivity contribution in [2.75, 3.05) is 5.32 Å². The Morgan fingerprint density at radius 2 is 2.00 bits per heavy atom. The number of rotatable bonds is 3. The molecule has 0 atom stereocenters. The van der Waals surface area contributed by atoms with E-state index in [0.717, 1.165) is 5.69 Å². The number of aromatic carboxylic acids is 1. The van der Waals surface area contributed by atoms with E-state index in [0.29, 0.717) is 5.13 Å². The molecular weight excluding hydrogens is 290 g/mol. The average Bonchev–Trinajstić information content (AvgIpc) is 2.87. The molecule has 0 fully saturated rings. The summed E-state index contributed by atoms with van der Waals surface area (Å²) in [5.41, 5.74) is 1.01.